The van der Waals surface area contributed by atoms with Crippen LogP contribution in [0.25, 0.3) is 0 Å². The summed E-state index contributed by atoms with van der Waals surface area (Å²) in [5.41, 5.74) is 2.38. The van der Waals surface area contributed by atoms with Crippen molar-refractivity contribution >= 4 is 5.91 Å². The van der Waals surface area contributed by atoms with E-state index in [1.165, 1.54) is 0 Å². The zero-order valence-corrected chi connectivity index (χ0v) is 9.68. The average Bonchev–Trinajstić information content (AvgIpc) is 2.37. The maximum Gasteiger partial charge on any atom is 0.270 e. The summed E-state index contributed by atoms with van der Waals surface area (Å²) in [6.07, 6.45) is 0. The van der Waals surface area contributed by atoms with Crippen LogP contribution in [0, 0.1) is 6.92 Å². The standard InChI is InChI=1S/C14H14N2O/c1-11-6-5-9-13(16-11)14(17)15-10-12-7-3-2-4-8-12/h2-9H,10H2,1H3,(H,15,17). The highest BCUT2D eigenvalue weighted by Crippen LogP contribution is 2.00. The van der Waals surface area contributed by atoms with Crippen molar-refractivity contribution in [1.29, 1.82) is 0 Å². The molecule has 0 aliphatic rings. The van der Waals surface area contributed by atoms with Crippen LogP contribution in [0.2, 0.25) is 0 Å². The third kappa shape index (κ3) is 3.14. The molecule has 0 spiro atoms. The first kappa shape index (κ1) is 11.3. The summed E-state index contributed by atoms with van der Waals surface area (Å²) < 4.78 is 0. The van der Waals surface area contributed by atoms with Gasteiger partial charge in [-0.1, -0.05) is 36.4 Å². The zero-order valence-electron chi connectivity index (χ0n) is 9.68. The number of pyridine rings is 1. The molecule has 0 radical (unpaired) electrons. The first-order chi connectivity index (χ1) is 8.25. The number of benzene rings is 1. The molecular formula is C14H14N2O. The Kier molecular flexibility index (Phi) is 3.50. The number of carbonyl (C=O) groups excluding carboxylic acids is 1. The van der Waals surface area contributed by atoms with E-state index in [0.717, 1.165) is 11.3 Å². The Balaban J connectivity index is 1.98. The van der Waals surface area contributed by atoms with Gasteiger partial charge < -0.3 is 5.32 Å². The molecule has 0 aliphatic carbocycles. The van der Waals surface area contributed by atoms with E-state index in [2.05, 4.69) is 10.3 Å². The first-order valence-corrected chi connectivity index (χ1v) is 5.51. The van der Waals surface area contributed by atoms with Crippen LogP contribution in [0.1, 0.15) is 21.7 Å². The van der Waals surface area contributed by atoms with E-state index in [0.29, 0.717) is 12.2 Å². The number of hydrogen-bond acceptors (Lipinski definition) is 2. The number of nitrogens with zero attached hydrogens (tertiary/aromatic N) is 1. The van der Waals surface area contributed by atoms with Crippen LogP contribution in [0.5, 0.6) is 0 Å². The average molecular weight is 226 g/mol. The van der Waals surface area contributed by atoms with Crippen molar-refractivity contribution in [2.24, 2.45) is 0 Å². The topological polar surface area (TPSA) is 42.0 Å². The van der Waals surface area contributed by atoms with Crippen molar-refractivity contribution in [3.63, 3.8) is 0 Å². The van der Waals surface area contributed by atoms with Gasteiger partial charge in [0, 0.05) is 12.2 Å². The first-order valence-electron chi connectivity index (χ1n) is 5.51. The molecule has 1 heterocycles. The molecule has 2 rings (SSSR count). The molecule has 1 aromatic heterocycles. The van der Waals surface area contributed by atoms with E-state index in [9.17, 15) is 4.79 Å². The molecule has 1 amide bonds. The SMILES string of the molecule is Cc1cccc(C(=O)NCc2ccccc2)n1. The van der Waals surface area contributed by atoms with Gasteiger partial charge in [-0.25, -0.2) is 4.98 Å². The third-order valence-electron chi connectivity index (χ3n) is 2.42. The van der Waals surface area contributed by atoms with E-state index in [1.54, 1.807) is 6.07 Å². The van der Waals surface area contributed by atoms with Crippen LogP contribution >= 0.6 is 0 Å². The van der Waals surface area contributed by atoms with Gasteiger partial charge in [0.15, 0.2) is 0 Å². The largest absolute Gasteiger partial charge is 0.347 e. The fraction of sp³-hybridized carbons (Fsp3) is 0.143. The molecule has 1 N–H and O–H groups in total. The van der Waals surface area contributed by atoms with E-state index >= 15 is 0 Å². The Morgan fingerprint density at radius 1 is 1.12 bits per heavy atom. The Morgan fingerprint density at radius 3 is 2.59 bits per heavy atom. The second kappa shape index (κ2) is 5.25. The smallest absolute Gasteiger partial charge is 0.270 e. The van der Waals surface area contributed by atoms with Crippen molar-refractivity contribution in [2.75, 3.05) is 0 Å². The van der Waals surface area contributed by atoms with Crippen molar-refractivity contribution in [3.05, 3.63) is 65.5 Å². The summed E-state index contributed by atoms with van der Waals surface area (Å²) in [6, 6.07) is 15.2. The van der Waals surface area contributed by atoms with Gasteiger partial charge in [-0.15, -0.1) is 0 Å². The molecule has 1 aromatic carbocycles. The summed E-state index contributed by atoms with van der Waals surface area (Å²) >= 11 is 0. The molecule has 0 aliphatic heterocycles. The molecule has 0 unspecified atom stereocenters. The van der Waals surface area contributed by atoms with Gasteiger partial charge in [-0.2, -0.15) is 0 Å². The number of rotatable bonds is 3. The molecular weight excluding hydrogens is 212 g/mol. The highest BCUT2D eigenvalue weighted by atomic mass is 16.1. The second-order valence-corrected chi connectivity index (χ2v) is 3.83. The zero-order chi connectivity index (χ0) is 12.1. The van der Waals surface area contributed by atoms with Gasteiger partial charge >= 0.3 is 0 Å². The third-order valence-corrected chi connectivity index (χ3v) is 2.42. The van der Waals surface area contributed by atoms with Crippen LogP contribution in [0.15, 0.2) is 48.5 Å². The Hall–Kier alpha value is -2.16. The molecule has 0 bridgehead atoms. The minimum absolute atomic E-state index is 0.141. The molecule has 17 heavy (non-hydrogen) atoms. The normalized spacial score (nSPS) is 9.94. The summed E-state index contributed by atoms with van der Waals surface area (Å²) in [7, 11) is 0. The summed E-state index contributed by atoms with van der Waals surface area (Å²) in [5.74, 6) is -0.141. The van der Waals surface area contributed by atoms with Crippen molar-refractivity contribution in [2.45, 2.75) is 13.5 Å². The lowest BCUT2D eigenvalue weighted by Crippen LogP contribution is -2.23. The van der Waals surface area contributed by atoms with Crippen LogP contribution < -0.4 is 5.32 Å². The van der Waals surface area contributed by atoms with Crippen LogP contribution in [0.4, 0.5) is 0 Å². The predicted octanol–water partition coefficient (Wildman–Crippen LogP) is 2.32. The number of nitrogens with one attached hydrogen (secondary N) is 1. The molecule has 86 valence electrons. The molecule has 2 aromatic rings. The fourth-order valence-corrected chi connectivity index (χ4v) is 1.54. The van der Waals surface area contributed by atoms with Gasteiger partial charge in [0.05, 0.1) is 0 Å². The highest BCUT2D eigenvalue weighted by molar-refractivity contribution is 5.92. The monoisotopic (exact) mass is 226 g/mol. The van der Waals surface area contributed by atoms with E-state index in [1.807, 2.05) is 49.4 Å². The van der Waals surface area contributed by atoms with Gasteiger partial charge in [-0.05, 0) is 24.6 Å². The fourth-order valence-electron chi connectivity index (χ4n) is 1.54. The molecule has 0 saturated heterocycles. The quantitative estimate of drug-likeness (QED) is 0.872. The van der Waals surface area contributed by atoms with Crippen LogP contribution in [-0.2, 0) is 6.54 Å². The molecule has 3 heteroatoms. The van der Waals surface area contributed by atoms with Gasteiger partial charge in [0.2, 0.25) is 0 Å². The molecule has 0 atom stereocenters. The summed E-state index contributed by atoms with van der Waals surface area (Å²) in [4.78, 5) is 16.0. The maximum absolute atomic E-state index is 11.8. The maximum atomic E-state index is 11.8. The number of aryl methyl sites for hydroxylation is 1. The minimum Gasteiger partial charge on any atom is -0.347 e. The van der Waals surface area contributed by atoms with Crippen molar-refractivity contribution < 1.29 is 4.79 Å². The van der Waals surface area contributed by atoms with Gasteiger partial charge in [-0.3, -0.25) is 4.79 Å². The Morgan fingerprint density at radius 2 is 1.88 bits per heavy atom. The van der Waals surface area contributed by atoms with E-state index < -0.39 is 0 Å². The lowest BCUT2D eigenvalue weighted by Gasteiger charge is -2.05. The highest BCUT2D eigenvalue weighted by Gasteiger charge is 2.06. The number of carbonyl (C=O) groups is 1. The Bertz CT molecular complexity index is 509. The number of hydrogen-bond donors (Lipinski definition) is 1. The second-order valence-electron chi connectivity index (χ2n) is 3.83. The molecule has 0 saturated carbocycles. The lowest BCUT2D eigenvalue weighted by molar-refractivity contribution is 0.0945. The molecule has 3 nitrogen and oxygen atoms in total. The summed E-state index contributed by atoms with van der Waals surface area (Å²) in [5, 5.41) is 2.84. The lowest BCUT2D eigenvalue weighted by atomic mass is 10.2. The Labute approximate surface area is 101 Å². The minimum atomic E-state index is -0.141. The summed E-state index contributed by atoms with van der Waals surface area (Å²) in [6.45, 7) is 2.39. The van der Waals surface area contributed by atoms with Crippen LogP contribution in [0.3, 0.4) is 0 Å². The van der Waals surface area contributed by atoms with Crippen molar-refractivity contribution in [1.82, 2.24) is 10.3 Å². The van der Waals surface area contributed by atoms with Crippen LogP contribution in [-0.4, -0.2) is 10.9 Å². The van der Waals surface area contributed by atoms with Crippen molar-refractivity contribution in [3.8, 4) is 0 Å². The van der Waals surface area contributed by atoms with E-state index in [4.69, 9.17) is 0 Å². The van der Waals surface area contributed by atoms with Gasteiger partial charge in [0.25, 0.3) is 5.91 Å². The number of aromatic nitrogens is 1. The molecule has 0 fully saturated rings. The van der Waals surface area contributed by atoms with E-state index in [-0.39, 0.29) is 5.91 Å². The number of amides is 1. The predicted molar refractivity (Wildman–Crippen MR) is 66.6 cm³/mol. The van der Waals surface area contributed by atoms with Gasteiger partial charge in [0.1, 0.15) is 5.69 Å².